The number of ether oxygens (including phenoxy) is 3. The first kappa shape index (κ1) is 24.0. The number of nitrogens with zero attached hydrogens (tertiary/aromatic N) is 4. The number of rotatable bonds is 8. The summed E-state index contributed by atoms with van der Waals surface area (Å²) in [5.41, 5.74) is 2.35. The summed E-state index contributed by atoms with van der Waals surface area (Å²) < 4.78 is 20.2. The minimum absolute atomic E-state index is 0.0594. The summed E-state index contributed by atoms with van der Waals surface area (Å²) in [6.07, 6.45) is 6.18. The number of imidazole rings is 1. The van der Waals surface area contributed by atoms with E-state index < -0.39 is 5.92 Å². The Morgan fingerprint density at radius 1 is 1.00 bits per heavy atom. The van der Waals surface area contributed by atoms with Gasteiger partial charge < -0.3 is 18.8 Å². The summed E-state index contributed by atoms with van der Waals surface area (Å²) in [5, 5.41) is 0.597. The standard InChI is InChI=1S/C29H26N4O4S/c1-35-23-12-13-24(36-2)27-26(23)31-29(38-27)33(16-7-15-32-17-14-30-18-32)28(34)25-19-8-3-5-10-21(19)37-22-11-6-4-9-20(22)25/h3-6,8-14,17-18,25H,7,15-16H2,1-2H3. The van der Waals surface area contributed by atoms with E-state index in [0.29, 0.717) is 40.2 Å². The number of hydrogen-bond donors (Lipinski definition) is 0. The zero-order valence-corrected chi connectivity index (χ0v) is 21.9. The third-order valence-corrected chi connectivity index (χ3v) is 7.77. The number of fused-ring (bicyclic) bond motifs is 3. The molecule has 0 bridgehead atoms. The predicted molar refractivity (Wildman–Crippen MR) is 147 cm³/mol. The molecule has 0 fully saturated rings. The van der Waals surface area contributed by atoms with Crippen molar-refractivity contribution in [3.63, 3.8) is 0 Å². The number of aromatic nitrogens is 3. The number of anilines is 1. The summed E-state index contributed by atoms with van der Waals surface area (Å²) in [7, 11) is 3.24. The molecule has 1 aliphatic heterocycles. The lowest BCUT2D eigenvalue weighted by molar-refractivity contribution is -0.119. The van der Waals surface area contributed by atoms with Gasteiger partial charge in [0.2, 0.25) is 5.91 Å². The largest absolute Gasteiger partial charge is 0.495 e. The Bertz CT molecular complexity index is 1510. The molecule has 1 aliphatic rings. The first-order valence-electron chi connectivity index (χ1n) is 12.3. The van der Waals surface area contributed by atoms with Crippen LogP contribution in [0.5, 0.6) is 23.0 Å². The van der Waals surface area contributed by atoms with Crippen molar-refractivity contribution < 1.29 is 19.0 Å². The summed E-state index contributed by atoms with van der Waals surface area (Å²) in [6, 6.07) is 19.1. The van der Waals surface area contributed by atoms with Gasteiger partial charge in [0, 0.05) is 36.6 Å². The van der Waals surface area contributed by atoms with Crippen LogP contribution in [-0.4, -0.2) is 41.2 Å². The Labute approximate surface area is 224 Å². The van der Waals surface area contributed by atoms with Crippen LogP contribution in [0.1, 0.15) is 23.5 Å². The number of hydrogen-bond acceptors (Lipinski definition) is 7. The average molecular weight is 527 g/mol. The van der Waals surface area contributed by atoms with Gasteiger partial charge in [0.15, 0.2) is 5.13 Å². The van der Waals surface area contributed by atoms with Gasteiger partial charge in [-0.2, -0.15) is 0 Å². The van der Waals surface area contributed by atoms with Crippen LogP contribution in [0, 0.1) is 0 Å². The summed E-state index contributed by atoms with van der Waals surface area (Å²) >= 11 is 1.43. The van der Waals surface area contributed by atoms with Crippen molar-refractivity contribution in [2.45, 2.75) is 18.9 Å². The van der Waals surface area contributed by atoms with Crippen molar-refractivity contribution in [1.82, 2.24) is 14.5 Å². The van der Waals surface area contributed by atoms with Gasteiger partial charge in [-0.3, -0.25) is 9.69 Å². The molecule has 2 aromatic heterocycles. The van der Waals surface area contributed by atoms with E-state index in [2.05, 4.69) is 4.98 Å². The lowest BCUT2D eigenvalue weighted by atomic mass is 9.87. The summed E-state index contributed by atoms with van der Waals surface area (Å²) in [6.45, 7) is 1.20. The van der Waals surface area contributed by atoms with Crippen LogP contribution in [0.25, 0.3) is 10.2 Å². The van der Waals surface area contributed by atoms with E-state index in [4.69, 9.17) is 19.2 Å². The van der Waals surface area contributed by atoms with Gasteiger partial charge in [0.25, 0.3) is 0 Å². The number of amides is 1. The average Bonchev–Trinajstić information content (AvgIpc) is 3.63. The van der Waals surface area contributed by atoms with E-state index in [1.165, 1.54) is 11.3 Å². The minimum Gasteiger partial charge on any atom is -0.495 e. The summed E-state index contributed by atoms with van der Waals surface area (Å²) in [5.74, 6) is 2.12. The van der Waals surface area contributed by atoms with E-state index in [-0.39, 0.29) is 5.91 Å². The van der Waals surface area contributed by atoms with Gasteiger partial charge in [-0.05, 0) is 30.7 Å². The zero-order chi connectivity index (χ0) is 26.1. The Kier molecular flexibility index (Phi) is 6.43. The fourth-order valence-corrected chi connectivity index (χ4v) is 5.96. The quantitative estimate of drug-likeness (QED) is 0.252. The molecule has 6 rings (SSSR count). The van der Waals surface area contributed by atoms with Crippen LogP contribution < -0.4 is 19.1 Å². The smallest absolute Gasteiger partial charge is 0.241 e. The van der Waals surface area contributed by atoms with Gasteiger partial charge in [-0.1, -0.05) is 47.7 Å². The molecule has 0 unspecified atom stereocenters. The molecule has 3 heterocycles. The Morgan fingerprint density at radius 3 is 2.34 bits per heavy atom. The number of para-hydroxylation sites is 2. The molecule has 0 aliphatic carbocycles. The van der Waals surface area contributed by atoms with E-state index >= 15 is 0 Å². The van der Waals surface area contributed by atoms with Crippen LogP contribution in [0.3, 0.4) is 0 Å². The second-order valence-corrected chi connectivity index (χ2v) is 9.88. The lowest BCUT2D eigenvalue weighted by Gasteiger charge is -2.31. The van der Waals surface area contributed by atoms with Crippen LogP contribution in [0.2, 0.25) is 0 Å². The van der Waals surface area contributed by atoms with Crippen molar-refractivity contribution >= 4 is 32.6 Å². The highest BCUT2D eigenvalue weighted by Crippen LogP contribution is 2.46. The third kappa shape index (κ3) is 4.24. The van der Waals surface area contributed by atoms with Crippen molar-refractivity contribution in [3.8, 4) is 23.0 Å². The minimum atomic E-state index is -0.528. The van der Waals surface area contributed by atoms with Crippen LogP contribution in [0.15, 0.2) is 79.4 Å². The lowest BCUT2D eigenvalue weighted by Crippen LogP contribution is -2.37. The van der Waals surface area contributed by atoms with Crippen LogP contribution in [-0.2, 0) is 11.3 Å². The van der Waals surface area contributed by atoms with E-state index in [1.807, 2.05) is 71.4 Å². The molecule has 0 saturated carbocycles. The maximum absolute atomic E-state index is 14.6. The number of benzene rings is 3. The highest BCUT2D eigenvalue weighted by atomic mass is 32.1. The predicted octanol–water partition coefficient (Wildman–Crippen LogP) is 5.87. The number of carbonyl (C=O) groups excluding carboxylic acids is 1. The molecule has 0 N–H and O–H groups in total. The van der Waals surface area contributed by atoms with Crippen LogP contribution >= 0.6 is 11.3 Å². The Balaban J connectivity index is 1.44. The molecular weight excluding hydrogens is 500 g/mol. The number of carbonyl (C=O) groups is 1. The van der Waals surface area contributed by atoms with Crippen molar-refractivity contribution in [3.05, 3.63) is 90.5 Å². The zero-order valence-electron chi connectivity index (χ0n) is 21.0. The van der Waals surface area contributed by atoms with Crippen molar-refractivity contribution in [2.75, 3.05) is 25.7 Å². The van der Waals surface area contributed by atoms with Gasteiger partial charge in [-0.25, -0.2) is 9.97 Å². The normalized spacial score (nSPS) is 12.5. The second kappa shape index (κ2) is 10.2. The molecule has 192 valence electrons. The first-order chi connectivity index (χ1) is 18.7. The second-order valence-electron chi connectivity index (χ2n) is 8.90. The first-order valence-corrected chi connectivity index (χ1v) is 13.1. The molecule has 0 radical (unpaired) electrons. The Morgan fingerprint density at radius 2 is 1.68 bits per heavy atom. The van der Waals surface area contributed by atoms with Gasteiger partial charge >= 0.3 is 0 Å². The number of thiazole rings is 1. The fourth-order valence-electron chi connectivity index (χ4n) is 4.85. The van der Waals surface area contributed by atoms with Gasteiger partial charge in [0.1, 0.15) is 33.2 Å². The summed E-state index contributed by atoms with van der Waals surface area (Å²) in [4.78, 5) is 25.4. The maximum Gasteiger partial charge on any atom is 0.241 e. The molecule has 8 nitrogen and oxygen atoms in total. The Hall–Kier alpha value is -4.37. The van der Waals surface area contributed by atoms with E-state index in [0.717, 1.165) is 28.8 Å². The topological polar surface area (TPSA) is 78.7 Å². The highest BCUT2D eigenvalue weighted by molar-refractivity contribution is 7.22. The monoisotopic (exact) mass is 526 g/mol. The molecule has 1 amide bonds. The molecular formula is C29H26N4O4S. The van der Waals surface area contributed by atoms with E-state index in [1.54, 1.807) is 31.6 Å². The molecule has 0 spiro atoms. The molecule has 5 aromatic rings. The van der Waals surface area contributed by atoms with Crippen molar-refractivity contribution in [1.29, 1.82) is 0 Å². The SMILES string of the molecule is COc1ccc(OC)c2sc(N(CCCn3ccnc3)C(=O)C3c4ccccc4Oc4ccccc43)nc12. The molecule has 9 heteroatoms. The highest BCUT2D eigenvalue weighted by Gasteiger charge is 2.36. The molecule has 0 saturated heterocycles. The number of aryl methyl sites for hydroxylation is 1. The maximum atomic E-state index is 14.6. The van der Waals surface area contributed by atoms with Gasteiger partial charge in [-0.15, -0.1) is 0 Å². The molecule has 0 atom stereocenters. The fraction of sp³-hybridized carbons (Fsp3) is 0.207. The van der Waals surface area contributed by atoms with E-state index in [9.17, 15) is 4.79 Å². The molecule has 3 aromatic carbocycles. The molecule has 38 heavy (non-hydrogen) atoms. The van der Waals surface area contributed by atoms with Crippen LogP contribution in [0.4, 0.5) is 5.13 Å². The van der Waals surface area contributed by atoms with Crippen molar-refractivity contribution in [2.24, 2.45) is 0 Å². The van der Waals surface area contributed by atoms with Gasteiger partial charge in [0.05, 0.1) is 26.5 Å². The third-order valence-electron chi connectivity index (χ3n) is 6.68. The number of methoxy groups -OCH3 is 2.